The Morgan fingerprint density at radius 3 is 2.71 bits per heavy atom. The van der Waals surface area contributed by atoms with Crippen LogP contribution in [0.4, 0.5) is 17.3 Å². The quantitative estimate of drug-likeness (QED) is 0.897. The minimum atomic E-state index is -0.286. The summed E-state index contributed by atoms with van der Waals surface area (Å²) in [6.07, 6.45) is 0.685. The first-order valence-corrected chi connectivity index (χ1v) is 8.05. The van der Waals surface area contributed by atoms with Crippen LogP contribution in [0.5, 0.6) is 0 Å². The summed E-state index contributed by atoms with van der Waals surface area (Å²) in [6, 6.07) is 10.4. The van der Waals surface area contributed by atoms with Crippen LogP contribution in [0.2, 0.25) is 0 Å². The number of aromatic nitrogens is 1. The van der Waals surface area contributed by atoms with Crippen molar-refractivity contribution in [2.24, 2.45) is 0 Å². The van der Waals surface area contributed by atoms with Gasteiger partial charge in [0.25, 0.3) is 0 Å². The molecule has 0 spiro atoms. The number of pyridine rings is 1. The zero-order valence-electron chi connectivity index (χ0n) is 14.5. The molecule has 2 aromatic rings. The molecule has 0 radical (unpaired) electrons. The minimum absolute atomic E-state index is 0.286. The number of nitrogens with one attached hydrogen (secondary N) is 2. The topological polar surface area (TPSA) is 70.0 Å². The van der Waals surface area contributed by atoms with E-state index in [0.717, 1.165) is 28.2 Å². The van der Waals surface area contributed by atoms with Gasteiger partial charge in [-0.2, -0.15) is 5.26 Å². The standard InChI is InChI=1S/C19H22N4O/c1-12-6-5-7-13(8-12)22-18-15(10-20)14-9-19(2,3)24-11-16(14)17(21-4)23-18/h5-8H,9,11H2,1-4H3,(H2,21,22,23). The molecule has 24 heavy (non-hydrogen) atoms. The van der Waals surface area contributed by atoms with Crippen molar-refractivity contribution in [3.63, 3.8) is 0 Å². The molecule has 124 valence electrons. The lowest BCUT2D eigenvalue weighted by Crippen LogP contribution is -2.33. The van der Waals surface area contributed by atoms with Crippen molar-refractivity contribution >= 4 is 17.3 Å². The Morgan fingerprint density at radius 1 is 1.25 bits per heavy atom. The molecule has 0 saturated heterocycles. The number of nitrogens with zero attached hydrogens (tertiary/aromatic N) is 2. The molecule has 0 bridgehead atoms. The molecule has 0 unspecified atom stereocenters. The normalized spacial score (nSPS) is 15.3. The molecule has 2 heterocycles. The van der Waals surface area contributed by atoms with Gasteiger partial charge in [0.05, 0.1) is 17.8 Å². The zero-order chi connectivity index (χ0) is 17.3. The summed E-state index contributed by atoms with van der Waals surface area (Å²) in [5, 5.41) is 16.2. The fraction of sp³-hybridized carbons (Fsp3) is 0.368. The maximum absolute atomic E-state index is 9.75. The molecular weight excluding hydrogens is 300 g/mol. The molecule has 5 heteroatoms. The molecule has 2 N–H and O–H groups in total. The van der Waals surface area contributed by atoms with Gasteiger partial charge in [0.15, 0.2) is 5.82 Å². The van der Waals surface area contributed by atoms with Gasteiger partial charge in [-0.25, -0.2) is 4.98 Å². The van der Waals surface area contributed by atoms with Gasteiger partial charge in [-0.3, -0.25) is 0 Å². The first kappa shape index (κ1) is 16.3. The zero-order valence-corrected chi connectivity index (χ0v) is 14.5. The van der Waals surface area contributed by atoms with Crippen molar-refractivity contribution in [1.29, 1.82) is 5.26 Å². The number of fused-ring (bicyclic) bond motifs is 1. The summed E-state index contributed by atoms with van der Waals surface area (Å²) < 4.78 is 5.90. The molecule has 1 aliphatic rings. The van der Waals surface area contributed by atoms with Gasteiger partial charge in [0, 0.05) is 24.7 Å². The molecule has 1 aliphatic heterocycles. The van der Waals surface area contributed by atoms with E-state index < -0.39 is 0 Å². The third-order valence-electron chi connectivity index (χ3n) is 4.25. The third kappa shape index (κ3) is 3.06. The summed E-state index contributed by atoms with van der Waals surface area (Å²) >= 11 is 0. The average Bonchev–Trinajstić information content (AvgIpc) is 2.53. The molecule has 0 atom stereocenters. The number of benzene rings is 1. The Bertz CT molecular complexity index is 821. The molecule has 0 amide bonds. The van der Waals surface area contributed by atoms with E-state index in [4.69, 9.17) is 4.74 Å². The summed E-state index contributed by atoms with van der Waals surface area (Å²) in [5.74, 6) is 1.35. The van der Waals surface area contributed by atoms with Gasteiger partial charge in [-0.05, 0) is 44.0 Å². The van der Waals surface area contributed by atoms with Crippen molar-refractivity contribution in [2.45, 2.75) is 39.4 Å². The van der Waals surface area contributed by atoms with E-state index >= 15 is 0 Å². The SMILES string of the molecule is CNc1nc(Nc2cccc(C)c2)c(C#N)c2c1COC(C)(C)C2. The van der Waals surface area contributed by atoms with Crippen molar-refractivity contribution in [3.8, 4) is 6.07 Å². The maximum atomic E-state index is 9.75. The van der Waals surface area contributed by atoms with Crippen LogP contribution in [-0.2, 0) is 17.8 Å². The average molecular weight is 322 g/mol. The van der Waals surface area contributed by atoms with Crippen LogP contribution in [0.1, 0.15) is 36.1 Å². The monoisotopic (exact) mass is 322 g/mol. The molecule has 0 saturated carbocycles. The Balaban J connectivity index is 2.11. The van der Waals surface area contributed by atoms with Crippen molar-refractivity contribution in [2.75, 3.05) is 17.7 Å². The number of aryl methyl sites for hydroxylation is 1. The lowest BCUT2D eigenvalue weighted by molar-refractivity contribution is -0.0399. The van der Waals surface area contributed by atoms with Gasteiger partial charge in [-0.1, -0.05) is 12.1 Å². The highest BCUT2D eigenvalue weighted by Crippen LogP contribution is 2.36. The number of hydrogen-bond acceptors (Lipinski definition) is 5. The summed E-state index contributed by atoms with van der Waals surface area (Å²) in [6.45, 7) is 6.59. The predicted molar refractivity (Wildman–Crippen MR) is 95.5 cm³/mol. The van der Waals surface area contributed by atoms with Crippen LogP contribution < -0.4 is 10.6 Å². The van der Waals surface area contributed by atoms with Crippen molar-refractivity contribution in [3.05, 3.63) is 46.5 Å². The molecule has 1 aromatic heterocycles. The predicted octanol–water partition coefficient (Wildman–Crippen LogP) is 3.90. The highest BCUT2D eigenvalue weighted by atomic mass is 16.5. The fourth-order valence-corrected chi connectivity index (χ4v) is 3.04. The summed E-state index contributed by atoms with van der Waals surface area (Å²) in [4.78, 5) is 4.62. The molecule has 1 aromatic carbocycles. The van der Waals surface area contributed by atoms with Crippen molar-refractivity contribution in [1.82, 2.24) is 4.98 Å². The van der Waals surface area contributed by atoms with Crippen LogP contribution in [0, 0.1) is 18.3 Å². The van der Waals surface area contributed by atoms with E-state index in [1.165, 1.54) is 0 Å². The number of hydrogen-bond donors (Lipinski definition) is 2. The first-order valence-electron chi connectivity index (χ1n) is 8.05. The van der Waals surface area contributed by atoms with Crippen molar-refractivity contribution < 1.29 is 4.74 Å². The minimum Gasteiger partial charge on any atom is -0.373 e. The van der Waals surface area contributed by atoms with Gasteiger partial charge in [0.2, 0.25) is 0 Å². The largest absolute Gasteiger partial charge is 0.373 e. The highest BCUT2D eigenvalue weighted by Gasteiger charge is 2.31. The van der Waals surface area contributed by atoms with Crippen LogP contribution in [0.25, 0.3) is 0 Å². The van der Waals surface area contributed by atoms with Crippen LogP contribution in [0.3, 0.4) is 0 Å². The van der Waals surface area contributed by atoms with Gasteiger partial charge in [-0.15, -0.1) is 0 Å². The smallest absolute Gasteiger partial charge is 0.151 e. The summed E-state index contributed by atoms with van der Waals surface area (Å²) in [7, 11) is 1.84. The Kier molecular flexibility index (Phi) is 4.16. The lowest BCUT2D eigenvalue weighted by atomic mass is 9.89. The van der Waals surface area contributed by atoms with Crippen LogP contribution >= 0.6 is 0 Å². The van der Waals surface area contributed by atoms with E-state index in [2.05, 4.69) is 21.7 Å². The van der Waals surface area contributed by atoms with E-state index in [9.17, 15) is 5.26 Å². The number of rotatable bonds is 3. The van der Waals surface area contributed by atoms with E-state index in [1.54, 1.807) is 0 Å². The lowest BCUT2D eigenvalue weighted by Gasteiger charge is -2.33. The second kappa shape index (κ2) is 6.14. The summed E-state index contributed by atoms with van der Waals surface area (Å²) in [5.41, 5.74) is 4.38. The molecule has 0 fully saturated rings. The second-order valence-electron chi connectivity index (χ2n) is 6.72. The van der Waals surface area contributed by atoms with E-state index in [0.29, 0.717) is 24.4 Å². The number of ether oxygens (including phenoxy) is 1. The number of nitriles is 1. The molecule has 0 aliphatic carbocycles. The van der Waals surface area contributed by atoms with E-state index in [1.807, 2.05) is 52.1 Å². The Hall–Kier alpha value is -2.58. The fourth-order valence-electron chi connectivity index (χ4n) is 3.04. The molecular formula is C19H22N4O. The van der Waals surface area contributed by atoms with Gasteiger partial charge in [0.1, 0.15) is 11.9 Å². The Morgan fingerprint density at radius 2 is 2.04 bits per heavy atom. The second-order valence-corrected chi connectivity index (χ2v) is 6.72. The van der Waals surface area contributed by atoms with Gasteiger partial charge < -0.3 is 15.4 Å². The molecule has 3 rings (SSSR count). The number of anilines is 3. The molecule has 5 nitrogen and oxygen atoms in total. The van der Waals surface area contributed by atoms with Crippen LogP contribution in [0.15, 0.2) is 24.3 Å². The van der Waals surface area contributed by atoms with Crippen LogP contribution in [-0.4, -0.2) is 17.6 Å². The third-order valence-corrected chi connectivity index (χ3v) is 4.25. The van der Waals surface area contributed by atoms with Gasteiger partial charge >= 0.3 is 0 Å². The first-order chi connectivity index (χ1) is 11.4. The maximum Gasteiger partial charge on any atom is 0.151 e. The van der Waals surface area contributed by atoms with E-state index in [-0.39, 0.29) is 5.60 Å². The highest BCUT2D eigenvalue weighted by molar-refractivity contribution is 5.70. The Labute approximate surface area is 142 Å².